The Hall–Kier alpha value is -2.75. The molecule has 0 radical (unpaired) electrons. The summed E-state index contributed by atoms with van der Waals surface area (Å²) < 4.78 is 0. The number of nitrogens with zero attached hydrogens (tertiary/aromatic N) is 3. The van der Waals surface area contributed by atoms with Gasteiger partial charge >= 0.3 is 0 Å². The summed E-state index contributed by atoms with van der Waals surface area (Å²) in [6.07, 6.45) is 5.40. The van der Waals surface area contributed by atoms with Gasteiger partial charge in [-0.1, -0.05) is 44.2 Å². The minimum atomic E-state index is 0.666. The predicted octanol–water partition coefficient (Wildman–Crippen LogP) is 4.39. The lowest BCUT2D eigenvalue weighted by Crippen LogP contribution is -2.07. The highest BCUT2D eigenvalue weighted by Gasteiger charge is 2.04. The van der Waals surface area contributed by atoms with E-state index in [1.807, 2.05) is 30.5 Å². The molecule has 0 spiro atoms. The molecule has 2 aromatic heterocycles. The number of aromatic nitrogens is 3. The summed E-state index contributed by atoms with van der Waals surface area (Å²) in [6, 6.07) is 16.6. The second-order valence-corrected chi connectivity index (χ2v) is 6.58. The first kappa shape index (κ1) is 17.1. The van der Waals surface area contributed by atoms with Crippen LogP contribution >= 0.6 is 0 Å². The van der Waals surface area contributed by atoms with Gasteiger partial charge in [0.05, 0.1) is 5.69 Å². The van der Waals surface area contributed by atoms with Gasteiger partial charge in [0.1, 0.15) is 12.1 Å². The number of pyridine rings is 1. The number of hydrogen-bond donors (Lipinski definition) is 1. The summed E-state index contributed by atoms with van der Waals surface area (Å²) in [6.45, 7) is 5.27. The number of anilines is 1. The van der Waals surface area contributed by atoms with Crippen molar-refractivity contribution in [3.63, 3.8) is 0 Å². The van der Waals surface area contributed by atoms with Crippen molar-refractivity contribution in [2.45, 2.75) is 26.7 Å². The Kier molecular flexibility index (Phi) is 5.73. The Morgan fingerprint density at radius 1 is 0.960 bits per heavy atom. The van der Waals surface area contributed by atoms with E-state index in [-0.39, 0.29) is 0 Å². The second kappa shape index (κ2) is 8.38. The third kappa shape index (κ3) is 5.11. The van der Waals surface area contributed by atoms with E-state index in [1.165, 1.54) is 5.56 Å². The van der Waals surface area contributed by atoms with Crippen molar-refractivity contribution in [2.75, 3.05) is 11.9 Å². The second-order valence-electron chi connectivity index (χ2n) is 6.58. The third-order valence-electron chi connectivity index (χ3n) is 3.97. The van der Waals surface area contributed by atoms with Crippen molar-refractivity contribution in [1.29, 1.82) is 0 Å². The summed E-state index contributed by atoms with van der Waals surface area (Å²) in [5, 5.41) is 3.35. The van der Waals surface area contributed by atoms with E-state index in [0.717, 1.165) is 42.2 Å². The van der Waals surface area contributed by atoms with Crippen molar-refractivity contribution in [3.8, 4) is 11.3 Å². The van der Waals surface area contributed by atoms with Gasteiger partial charge in [0.15, 0.2) is 0 Å². The van der Waals surface area contributed by atoms with Crippen LogP contribution in [0, 0.1) is 5.92 Å². The molecule has 128 valence electrons. The van der Waals surface area contributed by atoms with Crippen LogP contribution in [0.2, 0.25) is 0 Å². The molecule has 0 aliphatic carbocycles. The molecule has 0 aliphatic rings. The fourth-order valence-corrected chi connectivity index (χ4v) is 2.76. The van der Waals surface area contributed by atoms with Gasteiger partial charge in [-0.2, -0.15) is 0 Å². The molecule has 0 atom stereocenters. The molecule has 1 aromatic carbocycles. The monoisotopic (exact) mass is 332 g/mol. The van der Waals surface area contributed by atoms with Crippen molar-refractivity contribution < 1.29 is 0 Å². The molecular weight excluding hydrogens is 308 g/mol. The minimum absolute atomic E-state index is 0.666. The highest BCUT2D eigenvalue weighted by Crippen LogP contribution is 2.20. The molecule has 4 heteroatoms. The Balaban J connectivity index is 1.62. The normalized spacial score (nSPS) is 10.8. The van der Waals surface area contributed by atoms with Gasteiger partial charge in [0.2, 0.25) is 0 Å². The van der Waals surface area contributed by atoms with E-state index in [1.54, 1.807) is 6.33 Å². The summed E-state index contributed by atoms with van der Waals surface area (Å²) in [7, 11) is 0. The molecule has 4 nitrogen and oxygen atoms in total. The number of rotatable bonds is 7. The van der Waals surface area contributed by atoms with Crippen LogP contribution in [0.1, 0.15) is 25.1 Å². The van der Waals surface area contributed by atoms with E-state index in [0.29, 0.717) is 5.92 Å². The quantitative estimate of drug-likeness (QED) is 0.697. The van der Waals surface area contributed by atoms with Crippen LogP contribution in [0.5, 0.6) is 0 Å². The van der Waals surface area contributed by atoms with E-state index < -0.39 is 0 Å². The maximum Gasteiger partial charge on any atom is 0.129 e. The maximum absolute atomic E-state index is 4.40. The highest BCUT2D eigenvalue weighted by atomic mass is 15.0. The molecule has 0 saturated heterocycles. The van der Waals surface area contributed by atoms with E-state index in [2.05, 4.69) is 58.4 Å². The summed E-state index contributed by atoms with van der Waals surface area (Å²) >= 11 is 0. The average Bonchev–Trinajstić information content (AvgIpc) is 2.63. The SMILES string of the molecule is CC(C)Cc1ccc(-c2cc(NCCc3ccccn3)ncn2)cc1. The van der Waals surface area contributed by atoms with Crippen molar-refractivity contribution >= 4 is 5.82 Å². The van der Waals surface area contributed by atoms with Gasteiger partial charge in [-0.3, -0.25) is 4.98 Å². The third-order valence-corrected chi connectivity index (χ3v) is 3.97. The van der Waals surface area contributed by atoms with Gasteiger partial charge in [0.25, 0.3) is 0 Å². The van der Waals surface area contributed by atoms with Gasteiger partial charge < -0.3 is 5.32 Å². The molecule has 25 heavy (non-hydrogen) atoms. The lowest BCUT2D eigenvalue weighted by atomic mass is 10.0. The molecule has 0 aliphatic heterocycles. The highest BCUT2D eigenvalue weighted by molar-refractivity contribution is 5.62. The lowest BCUT2D eigenvalue weighted by molar-refractivity contribution is 0.647. The van der Waals surface area contributed by atoms with Gasteiger partial charge in [-0.25, -0.2) is 9.97 Å². The Bertz CT molecular complexity index is 783. The Morgan fingerprint density at radius 3 is 2.52 bits per heavy atom. The largest absolute Gasteiger partial charge is 0.370 e. The Morgan fingerprint density at radius 2 is 1.80 bits per heavy atom. The van der Waals surface area contributed by atoms with Gasteiger partial charge in [-0.05, 0) is 30.0 Å². The first-order chi connectivity index (χ1) is 12.2. The van der Waals surface area contributed by atoms with E-state index >= 15 is 0 Å². The minimum Gasteiger partial charge on any atom is -0.370 e. The van der Waals surface area contributed by atoms with Crippen molar-refractivity contribution in [2.24, 2.45) is 5.92 Å². The molecule has 0 unspecified atom stereocenters. The average molecular weight is 332 g/mol. The molecule has 0 bridgehead atoms. The van der Waals surface area contributed by atoms with E-state index in [4.69, 9.17) is 0 Å². The molecule has 0 fully saturated rings. The van der Waals surface area contributed by atoms with Crippen LogP contribution in [0.15, 0.2) is 61.1 Å². The summed E-state index contributed by atoms with van der Waals surface area (Å²) in [5.74, 6) is 1.51. The van der Waals surface area contributed by atoms with Crippen LogP contribution in [0.3, 0.4) is 0 Å². The molecule has 1 N–H and O–H groups in total. The molecule has 3 rings (SSSR count). The molecule has 0 amide bonds. The molecular formula is C21H24N4. The fraction of sp³-hybridized carbons (Fsp3) is 0.286. The van der Waals surface area contributed by atoms with Gasteiger partial charge in [0, 0.05) is 36.5 Å². The first-order valence-corrected chi connectivity index (χ1v) is 8.76. The van der Waals surface area contributed by atoms with E-state index in [9.17, 15) is 0 Å². The topological polar surface area (TPSA) is 50.7 Å². The molecule has 2 heterocycles. The molecule has 0 saturated carbocycles. The van der Waals surface area contributed by atoms with Crippen molar-refractivity contribution in [1.82, 2.24) is 15.0 Å². The first-order valence-electron chi connectivity index (χ1n) is 8.76. The van der Waals surface area contributed by atoms with Crippen molar-refractivity contribution in [3.05, 3.63) is 72.3 Å². The zero-order valence-electron chi connectivity index (χ0n) is 14.8. The molecule has 3 aromatic rings. The van der Waals surface area contributed by atoms with Crippen LogP contribution in [-0.4, -0.2) is 21.5 Å². The lowest BCUT2D eigenvalue weighted by Gasteiger charge is -2.08. The van der Waals surface area contributed by atoms with Crippen LogP contribution < -0.4 is 5.32 Å². The number of hydrogen-bond acceptors (Lipinski definition) is 4. The summed E-state index contributed by atoms with van der Waals surface area (Å²) in [4.78, 5) is 13.0. The van der Waals surface area contributed by atoms with Gasteiger partial charge in [-0.15, -0.1) is 0 Å². The van der Waals surface area contributed by atoms with Crippen LogP contribution in [0.4, 0.5) is 5.82 Å². The maximum atomic E-state index is 4.40. The zero-order chi connectivity index (χ0) is 17.5. The number of nitrogens with one attached hydrogen (secondary N) is 1. The standard InChI is InChI=1S/C21H24N4/c1-16(2)13-17-6-8-18(9-7-17)20-14-21(25-15-24-20)23-12-10-19-5-3-4-11-22-19/h3-9,11,14-16H,10,12-13H2,1-2H3,(H,23,24,25). The smallest absolute Gasteiger partial charge is 0.129 e. The zero-order valence-corrected chi connectivity index (χ0v) is 14.8. The predicted molar refractivity (Wildman–Crippen MR) is 102 cm³/mol. The number of benzene rings is 1. The van der Waals surface area contributed by atoms with Crippen LogP contribution in [-0.2, 0) is 12.8 Å². The fourth-order valence-electron chi connectivity index (χ4n) is 2.76. The Labute approximate surface area is 149 Å². The van der Waals surface area contributed by atoms with Crippen LogP contribution in [0.25, 0.3) is 11.3 Å². The summed E-state index contributed by atoms with van der Waals surface area (Å²) in [5.41, 5.74) is 4.49.